The Balaban J connectivity index is 0.000000136. The fraction of sp³-hybridized carbons (Fsp3) is 0.0659. The molecule has 0 radical (unpaired) electrons. The van der Waals surface area contributed by atoms with E-state index in [1.54, 1.807) is 18.9 Å². The van der Waals surface area contributed by atoms with Crippen molar-refractivity contribution in [1.29, 1.82) is 0 Å². The highest BCUT2D eigenvalue weighted by atomic mass is 32.2. The van der Waals surface area contributed by atoms with Crippen molar-refractivity contribution in [2.24, 2.45) is 0 Å². The van der Waals surface area contributed by atoms with Crippen LogP contribution in [-0.4, -0.2) is 25.3 Å². The number of carbonyl (C=O) groups is 1. The average Bonchev–Trinajstić information content (AvgIpc) is 0.883. The molecular formula is C91H80O5S5+4. The standard InChI is InChI=1S/C24H25O3S.C24H19OS.C24H19S2.C19H17OS/c1-24(2,3)27-23(25)18-26-19-14-16-22(17-15-19)28(20-10-6-4-7-11-20)21-12-8-5-9-13-21;2*1-4-10-20(11-5-1)25-21-16-18-24(19-17-21)26(22-12-6-2-7-13-22)23-14-8-3-9-15-23;1-20-16-12-14-19(15-13-16)21(17-8-4-2-5-9-17)18-10-6-3-7-11-18/h4-17H,18H2,1-3H3;2*1-19H;2-15H,1H3/q4*+1. The van der Waals surface area contributed by atoms with E-state index in [4.69, 9.17) is 18.9 Å². The van der Waals surface area contributed by atoms with Crippen LogP contribution in [0.2, 0.25) is 0 Å². The molecule has 0 aromatic heterocycles. The van der Waals surface area contributed by atoms with E-state index in [9.17, 15) is 4.79 Å². The van der Waals surface area contributed by atoms with Gasteiger partial charge >= 0.3 is 5.97 Å². The average molecular weight is 1410 g/mol. The number of carbonyl (C=O) groups excluding carboxylic acids is 1. The lowest BCUT2D eigenvalue weighted by Gasteiger charge is -2.19. The Hall–Kier alpha value is -10.3. The third kappa shape index (κ3) is 21.8. The Morgan fingerprint density at radius 3 is 0.762 bits per heavy atom. The van der Waals surface area contributed by atoms with Crippen molar-refractivity contribution in [3.8, 4) is 23.0 Å². The molecule has 101 heavy (non-hydrogen) atoms. The predicted octanol–water partition coefficient (Wildman–Crippen LogP) is 23.8. The molecule has 0 aliphatic heterocycles. The second kappa shape index (κ2) is 37.8. The third-order valence-corrected chi connectivity index (χ3v) is 25.0. The quantitative estimate of drug-likeness (QED) is 0.0560. The largest absolute Gasteiger partial charge is 0.497 e. The molecule has 0 heterocycles. The van der Waals surface area contributed by atoms with E-state index < -0.39 is 5.60 Å². The van der Waals surface area contributed by atoms with Crippen LogP contribution in [0.15, 0.2) is 469 Å². The molecule has 14 aromatic carbocycles. The Bertz CT molecular complexity index is 4330. The monoisotopic (exact) mass is 1410 g/mol. The van der Waals surface area contributed by atoms with Gasteiger partial charge in [-0.05, 0) is 239 Å². The molecule has 0 saturated heterocycles. The minimum atomic E-state index is -0.510. The summed E-state index contributed by atoms with van der Waals surface area (Å²) in [5.41, 5.74) is -0.510. The number of methoxy groups -OCH3 is 1. The summed E-state index contributed by atoms with van der Waals surface area (Å²) in [5.74, 6) is 2.88. The number of benzene rings is 14. The third-order valence-electron chi connectivity index (χ3n) is 15.0. The van der Waals surface area contributed by atoms with Crippen molar-refractivity contribution in [2.75, 3.05) is 13.7 Å². The number of hydrogen-bond donors (Lipinski definition) is 0. The Labute approximate surface area is 612 Å². The van der Waals surface area contributed by atoms with Crippen LogP contribution in [0.4, 0.5) is 0 Å². The summed E-state index contributed by atoms with van der Waals surface area (Å²) in [7, 11) is 1.22. The summed E-state index contributed by atoms with van der Waals surface area (Å²) >= 11 is 1.80. The van der Waals surface area contributed by atoms with Gasteiger partial charge in [0.05, 0.1) is 50.7 Å². The van der Waals surface area contributed by atoms with E-state index in [1.165, 1.54) is 68.5 Å². The van der Waals surface area contributed by atoms with Gasteiger partial charge in [0.15, 0.2) is 65.4 Å². The highest BCUT2D eigenvalue weighted by Gasteiger charge is 2.32. The van der Waals surface area contributed by atoms with Crippen molar-refractivity contribution in [2.45, 2.75) is 94.9 Å². The summed E-state index contributed by atoms with van der Waals surface area (Å²) in [5, 5.41) is 0. The molecule has 0 unspecified atom stereocenters. The molecule has 500 valence electrons. The number of hydrogen-bond acceptors (Lipinski definition) is 6. The summed E-state index contributed by atoms with van der Waals surface area (Å²) in [6, 6.07) is 139. The maximum absolute atomic E-state index is 11.8. The number of rotatable bonds is 20. The second-order valence-electron chi connectivity index (χ2n) is 23.5. The summed E-state index contributed by atoms with van der Waals surface area (Å²) in [6.07, 6.45) is 0. The molecule has 0 fully saturated rings. The van der Waals surface area contributed by atoms with Crippen LogP contribution in [0.5, 0.6) is 23.0 Å². The van der Waals surface area contributed by atoms with Gasteiger partial charge in [-0.15, -0.1) is 0 Å². The molecule has 0 atom stereocenters. The van der Waals surface area contributed by atoms with Gasteiger partial charge in [0, 0.05) is 9.79 Å². The molecule has 0 N–H and O–H groups in total. The molecule has 10 heteroatoms. The summed E-state index contributed by atoms with van der Waals surface area (Å²) in [6.45, 7) is 5.43. The number of para-hydroxylation sites is 1. The van der Waals surface area contributed by atoms with Crippen molar-refractivity contribution >= 4 is 61.3 Å². The van der Waals surface area contributed by atoms with Gasteiger partial charge in [0.2, 0.25) is 0 Å². The lowest BCUT2D eigenvalue weighted by atomic mass is 10.2. The molecule has 0 saturated carbocycles. The van der Waals surface area contributed by atoms with Crippen LogP contribution in [0.25, 0.3) is 0 Å². The Morgan fingerprint density at radius 2 is 0.485 bits per heavy atom. The normalized spacial score (nSPS) is 10.9. The molecule has 14 rings (SSSR count). The maximum atomic E-state index is 11.8. The maximum Gasteiger partial charge on any atom is 0.344 e. The van der Waals surface area contributed by atoms with Crippen molar-refractivity contribution in [1.82, 2.24) is 0 Å². The van der Waals surface area contributed by atoms with Crippen LogP contribution in [0, 0.1) is 0 Å². The summed E-state index contributed by atoms with van der Waals surface area (Å²) in [4.78, 5) is 30.0. The molecule has 0 aliphatic rings. The van der Waals surface area contributed by atoms with E-state index in [-0.39, 0.29) is 56.2 Å². The lowest BCUT2D eigenvalue weighted by molar-refractivity contribution is -0.157. The number of ether oxygens (including phenoxy) is 4. The van der Waals surface area contributed by atoms with E-state index in [0.717, 1.165) is 17.2 Å². The van der Waals surface area contributed by atoms with E-state index in [0.29, 0.717) is 5.75 Å². The molecule has 0 spiro atoms. The molecule has 0 amide bonds. The fourth-order valence-electron chi connectivity index (χ4n) is 10.5. The zero-order valence-electron chi connectivity index (χ0n) is 56.9. The fourth-order valence-corrected chi connectivity index (χ4v) is 19.7. The highest BCUT2D eigenvalue weighted by molar-refractivity contribution is 7.99. The van der Waals surface area contributed by atoms with Gasteiger partial charge in [0.1, 0.15) is 28.6 Å². The lowest BCUT2D eigenvalue weighted by Crippen LogP contribution is -2.27. The Morgan fingerprint density at radius 1 is 0.267 bits per heavy atom. The zero-order valence-corrected chi connectivity index (χ0v) is 61.0. The van der Waals surface area contributed by atoms with Gasteiger partial charge < -0.3 is 18.9 Å². The van der Waals surface area contributed by atoms with E-state index >= 15 is 0 Å². The molecule has 0 aliphatic carbocycles. The zero-order chi connectivity index (χ0) is 69.7. The first-order valence-electron chi connectivity index (χ1n) is 33.2. The van der Waals surface area contributed by atoms with Gasteiger partial charge in [0.25, 0.3) is 0 Å². The van der Waals surface area contributed by atoms with Crippen molar-refractivity contribution < 1.29 is 23.7 Å². The first kappa shape index (κ1) is 72.0. The number of esters is 1. The van der Waals surface area contributed by atoms with Gasteiger partial charge in [-0.25, -0.2) is 4.79 Å². The summed E-state index contributed by atoms with van der Waals surface area (Å²) < 4.78 is 22.1. The predicted molar refractivity (Wildman–Crippen MR) is 421 cm³/mol. The minimum Gasteiger partial charge on any atom is -0.497 e. The molecular weight excluding hydrogens is 1330 g/mol. The smallest absolute Gasteiger partial charge is 0.344 e. The SMILES string of the molecule is CC(C)(C)OC(=O)COc1ccc([S+](c2ccccc2)c2ccccc2)cc1.COc1ccc([S+](c2ccccc2)c2ccccc2)cc1.c1ccc(Oc2ccc([S+](c3ccccc3)c3ccccc3)cc2)cc1.c1ccc(Sc2ccc([S+](c3ccccc3)c3ccccc3)cc2)cc1. The van der Waals surface area contributed by atoms with Crippen LogP contribution in [0.3, 0.4) is 0 Å². The molecule has 0 bridgehead atoms. The van der Waals surface area contributed by atoms with Gasteiger partial charge in [-0.2, -0.15) is 0 Å². The van der Waals surface area contributed by atoms with Crippen LogP contribution < -0.4 is 14.2 Å². The first-order valence-corrected chi connectivity index (χ1v) is 38.9. The van der Waals surface area contributed by atoms with E-state index in [2.05, 4.69) is 322 Å². The van der Waals surface area contributed by atoms with E-state index in [1.807, 2.05) is 99.6 Å². The van der Waals surface area contributed by atoms with Gasteiger partial charge in [-0.3, -0.25) is 0 Å². The second-order valence-corrected chi connectivity index (χ2v) is 32.8. The van der Waals surface area contributed by atoms with Crippen molar-refractivity contribution in [3.63, 3.8) is 0 Å². The molecule has 5 nitrogen and oxygen atoms in total. The van der Waals surface area contributed by atoms with Gasteiger partial charge in [-0.1, -0.05) is 194 Å². The van der Waals surface area contributed by atoms with Crippen LogP contribution in [-0.2, 0) is 53.1 Å². The molecule has 14 aromatic rings. The minimum absolute atomic E-state index is 0.0786. The Kier molecular flexibility index (Phi) is 26.9. The van der Waals surface area contributed by atoms with Crippen LogP contribution >= 0.6 is 11.8 Å². The topological polar surface area (TPSA) is 54.0 Å². The van der Waals surface area contributed by atoms with Crippen LogP contribution in [0.1, 0.15) is 20.8 Å². The highest BCUT2D eigenvalue weighted by Crippen LogP contribution is 2.38. The van der Waals surface area contributed by atoms with Crippen molar-refractivity contribution in [3.05, 3.63) is 400 Å². The first-order chi connectivity index (χ1) is 49.6.